The molecule has 1 rings (SSSR count). The fraction of sp³-hybridized carbons (Fsp3) is 0.222. The molecule has 0 bridgehead atoms. The lowest BCUT2D eigenvalue weighted by Crippen LogP contribution is -2.29. The molecule has 3 nitrogen and oxygen atoms in total. The van der Waals surface area contributed by atoms with Crippen LogP contribution in [-0.2, 0) is 0 Å². The number of methoxy groups -OCH3 is 1. The van der Waals surface area contributed by atoms with Crippen LogP contribution in [0.25, 0.3) is 0 Å². The summed E-state index contributed by atoms with van der Waals surface area (Å²) in [5.41, 5.74) is 4.34. The van der Waals surface area contributed by atoms with Gasteiger partial charge in [-0.15, -0.1) is 0 Å². The molecule has 0 aliphatic heterocycles. The molecule has 4 heteroatoms. The Hall–Kier alpha value is -1.13. The van der Waals surface area contributed by atoms with Crippen molar-refractivity contribution >= 4 is 17.2 Å². The molecule has 0 unspecified atom stereocenters. The second-order valence-corrected chi connectivity index (χ2v) is 3.01. The van der Waals surface area contributed by atoms with E-state index in [0.29, 0.717) is 4.99 Å². The first-order valence-electron chi connectivity index (χ1n) is 3.85. The van der Waals surface area contributed by atoms with Gasteiger partial charge in [-0.25, -0.2) is 5.84 Å². The predicted molar refractivity (Wildman–Crippen MR) is 56.8 cm³/mol. The second-order valence-electron chi connectivity index (χ2n) is 2.61. The summed E-state index contributed by atoms with van der Waals surface area (Å²) in [5.74, 6) is 6.05. The van der Waals surface area contributed by atoms with E-state index in [1.54, 1.807) is 7.11 Å². The van der Waals surface area contributed by atoms with Crippen molar-refractivity contribution in [2.75, 3.05) is 7.11 Å². The third-order valence-corrected chi connectivity index (χ3v) is 2.22. The Morgan fingerprint density at radius 3 is 2.77 bits per heavy atom. The van der Waals surface area contributed by atoms with E-state index >= 15 is 0 Å². The average molecular weight is 196 g/mol. The predicted octanol–water partition coefficient (Wildman–Crippen LogP) is 1.14. The van der Waals surface area contributed by atoms with E-state index in [4.69, 9.17) is 22.8 Å². The molecule has 0 heterocycles. The van der Waals surface area contributed by atoms with Crippen LogP contribution < -0.4 is 16.0 Å². The largest absolute Gasteiger partial charge is 0.496 e. The fourth-order valence-electron chi connectivity index (χ4n) is 1.16. The highest BCUT2D eigenvalue weighted by Crippen LogP contribution is 2.20. The van der Waals surface area contributed by atoms with Crippen LogP contribution in [0.1, 0.15) is 11.1 Å². The van der Waals surface area contributed by atoms with Crippen molar-refractivity contribution in [2.24, 2.45) is 5.84 Å². The zero-order chi connectivity index (χ0) is 9.84. The average Bonchev–Trinajstić information content (AvgIpc) is 2.17. The van der Waals surface area contributed by atoms with Crippen LogP contribution in [0.3, 0.4) is 0 Å². The number of nitrogens with one attached hydrogen (secondary N) is 1. The number of ether oxygens (including phenoxy) is 1. The molecule has 1 aromatic carbocycles. The quantitative estimate of drug-likeness (QED) is 0.423. The summed E-state index contributed by atoms with van der Waals surface area (Å²) in [7, 11) is 1.63. The van der Waals surface area contributed by atoms with E-state index in [-0.39, 0.29) is 0 Å². The van der Waals surface area contributed by atoms with Crippen LogP contribution in [0.15, 0.2) is 18.2 Å². The Balaban J connectivity index is 3.15. The molecule has 0 aliphatic rings. The summed E-state index contributed by atoms with van der Waals surface area (Å²) in [4.78, 5) is 0.524. The van der Waals surface area contributed by atoms with Crippen molar-refractivity contribution in [3.63, 3.8) is 0 Å². The smallest absolute Gasteiger partial charge is 0.122 e. The highest BCUT2D eigenvalue weighted by molar-refractivity contribution is 7.80. The minimum Gasteiger partial charge on any atom is -0.496 e. The van der Waals surface area contributed by atoms with Crippen molar-refractivity contribution in [2.45, 2.75) is 6.92 Å². The molecule has 0 amide bonds. The number of rotatable bonds is 2. The van der Waals surface area contributed by atoms with Gasteiger partial charge in [-0.2, -0.15) is 0 Å². The number of hydrazine groups is 1. The van der Waals surface area contributed by atoms with E-state index in [1.807, 2.05) is 25.1 Å². The summed E-state index contributed by atoms with van der Waals surface area (Å²) in [5, 5.41) is 0. The van der Waals surface area contributed by atoms with Crippen molar-refractivity contribution < 1.29 is 4.74 Å². The highest BCUT2D eigenvalue weighted by atomic mass is 32.1. The first kappa shape index (κ1) is 9.95. The van der Waals surface area contributed by atoms with E-state index in [0.717, 1.165) is 16.9 Å². The summed E-state index contributed by atoms with van der Waals surface area (Å²) in [6.45, 7) is 1.94. The Morgan fingerprint density at radius 1 is 1.54 bits per heavy atom. The summed E-state index contributed by atoms with van der Waals surface area (Å²) in [6, 6.07) is 5.67. The Kier molecular flexibility index (Phi) is 3.22. The number of hydrogen-bond acceptors (Lipinski definition) is 3. The molecule has 0 saturated carbocycles. The lowest BCUT2D eigenvalue weighted by Gasteiger charge is -2.10. The molecule has 0 atom stereocenters. The van der Waals surface area contributed by atoms with Gasteiger partial charge in [0.2, 0.25) is 0 Å². The van der Waals surface area contributed by atoms with Gasteiger partial charge in [0.15, 0.2) is 0 Å². The maximum absolute atomic E-state index is 5.23. The minimum absolute atomic E-state index is 0.524. The lowest BCUT2D eigenvalue weighted by atomic mass is 10.1. The van der Waals surface area contributed by atoms with Gasteiger partial charge in [0.1, 0.15) is 10.7 Å². The fourth-order valence-corrected chi connectivity index (χ4v) is 1.38. The standard InChI is InChI=1S/C9H12N2OS/c1-6-7(9(13)11-10)4-3-5-8(6)12-2/h3-5H,10H2,1-2H3,(H,11,13). The second kappa shape index (κ2) is 4.20. The third-order valence-electron chi connectivity index (χ3n) is 1.88. The zero-order valence-corrected chi connectivity index (χ0v) is 8.44. The van der Waals surface area contributed by atoms with E-state index in [9.17, 15) is 0 Å². The molecule has 3 N–H and O–H groups in total. The number of benzene rings is 1. The maximum atomic E-state index is 5.23. The molecule has 0 spiro atoms. The number of hydrogen-bond donors (Lipinski definition) is 2. The highest BCUT2D eigenvalue weighted by Gasteiger charge is 2.06. The van der Waals surface area contributed by atoms with Crippen molar-refractivity contribution in [1.82, 2.24) is 5.43 Å². The van der Waals surface area contributed by atoms with Crippen molar-refractivity contribution in [3.05, 3.63) is 29.3 Å². The molecule has 0 aliphatic carbocycles. The van der Waals surface area contributed by atoms with Crippen LogP contribution in [0, 0.1) is 6.92 Å². The van der Waals surface area contributed by atoms with Crippen LogP contribution in [0.5, 0.6) is 5.75 Å². The number of thiocarbonyl (C=S) groups is 1. The van der Waals surface area contributed by atoms with E-state index < -0.39 is 0 Å². The summed E-state index contributed by atoms with van der Waals surface area (Å²) < 4.78 is 5.15. The van der Waals surface area contributed by atoms with Gasteiger partial charge in [-0.1, -0.05) is 24.4 Å². The van der Waals surface area contributed by atoms with Gasteiger partial charge < -0.3 is 10.2 Å². The minimum atomic E-state index is 0.524. The lowest BCUT2D eigenvalue weighted by molar-refractivity contribution is 0.411. The Morgan fingerprint density at radius 2 is 2.23 bits per heavy atom. The first-order chi connectivity index (χ1) is 6.20. The Bertz CT molecular complexity index is 325. The van der Waals surface area contributed by atoms with Crippen LogP contribution in [0.2, 0.25) is 0 Å². The SMILES string of the molecule is COc1cccc(C(=S)NN)c1C. The maximum Gasteiger partial charge on any atom is 0.122 e. The summed E-state index contributed by atoms with van der Waals surface area (Å²) >= 11 is 5.03. The van der Waals surface area contributed by atoms with Crippen molar-refractivity contribution in [1.29, 1.82) is 0 Å². The van der Waals surface area contributed by atoms with Crippen LogP contribution in [-0.4, -0.2) is 12.1 Å². The van der Waals surface area contributed by atoms with Crippen LogP contribution >= 0.6 is 12.2 Å². The van der Waals surface area contributed by atoms with Gasteiger partial charge >= 0.3 is 0 Å². The zero-order valence-electron chi connectivity index (χ0n) is 7.63. The van der Waals surface area contributed by atoms with E-state index in [1.165, 1.54) is 0 Å². The van der Waals surface area contributed by atoms with E-state index in [2.05, 4.69) is 5.43 Å². The molecule has 0 radical (unpaired) electrons. The Labute approximate surface area is 82.9 Å². The van der Waals surface area contributed by atoms with Crippen molar-refractivity contribution in [3.8, 4) is 5.75 Å². The molecule has 0 saturated heterocycles. The molecule has 70 valence electrons. The van der Waals surface area contributed by atoms with Gasteiger partial charge in [-0.3, -0.25) is 0 Å². The van der Waals surface area contributed by atoms with Gasteiger partial charge in [0, 0.05) is 11.1 Å². The summed E-state index contributed by atoms with van der Waals surface area (Å²) in [6.07, 6.45) is 0. The molecular weight excluding hydrogens is 184 g/mol. The molecule has 0 fully saturated rings. The van der Waals surface area contributed by atoms with Gasteiger partial charge in [0.05, 0.1) is 7.11 Å². The monoisotopic (exact) mass is 196 g/mol. The van der Waals surface area contributed by atoms with Gasteiger partial charge in [0.25, 0.3) is 0 Å². The first-order valence-corrected chi connectivity index (χ1v) is 4.26. The topological polar surface area (TPSA) is 47.3 Å². The van der Waals surface area contributed by atoms with Crippen LogP contribution in [0.4, 0.5) is 0 Å². The number of nitrogens with two attached hydrogens (primary N) is 1. The normalized spacial score (nSPS) is 9.46. The molecule has 1 aromatic rings. The molecular formula is C9H12N2OS. The third kappa shape index (κ3) is 1.96. The molecule has 0 aromatic heterocycles. The van der Waals surface area contributed by atoms with Gasteiger partial charge in [-0.05, 0) is 13.0 Å². The molecule has 13 heavy (non-hydrogen) atoms.